The molecule has 0 aliphatic carbocycles. The molecule has 3 aromatic carbocycles. The Kier molecular flexibility index (Phi) is 6.85. The summed E-state index contributed by atoms with van der Waals surface area (Å²) in [4.78, 5) is 23.0. The minimum atomic E-state index is -0.102. The number of anilines is 1. The summed E-state index contributed by atoms with van der Waals surface area (Å²) < 4.78 is 7.22. The van der Waals surface area contributed by atoms with Gasteiger partial charge in [0.25, 0.3) is 5.91 Å². The Morgan fingerprint density at radius 1 is 0.821 bits per heavy atom. The summed E-state index contributed by atoms with van der Waals surface area (Å²) in [5.41, 5.74) is 5.11. The summed E-state index contributed by atoms with van der Waals surface area (Å²) >= 11 is 12.3. The number of hydrogen-bond acceptors (Lipinski definition) is 5. The van der Waals surface area contributed by atoms with Crippen molar-refractivity contribution >= 4 is 40.4 Å². The van der Waals surface area contributed by atoms with Crippen molar-refractivity contribution in [3.63, 3.8) is 0 Å². The molecule has 3 heterocycles. The molecule has 2 aromatic heterocycles. The Morgan fingerprint density at radius 2 is 1.59 bits per heavy atom. The summed E-state index contributed by atoms with van der Waals surface area (Å²) in [5.74, 6) is 0.579. The molecule has 1 aliphatic rings. The van der Waals surface area contributed by atoms with E-state index in [1.807, 2.05) is 83.8 Å². The number of methoxy groups -OCH3 is 1. The Balaban J connectivity index is 1.38. The molecule has 0 bridgehead atoms. The number of nitrogens with zero attached hydrogens (tertiary/aromatic N) is 5. The highest BCUT2D eigenvalue weighted by Crippen LogP contribution is 2.31. The second kappa shape index (κ2) is 10.6. The average molecular weight is 558 g/mol. The molecule has 39 heavy (non-hydrogen) atoms. The van der Waals surface area contributed by atoms with E-state index >= 15 is 0 Å². The predicted molar refractivity (Wildman–Crippen MR) is 155 cm³/mol. The quantitative estimate of drug-likeness (QED) is 0.252. The molecule has 1 fully saturated rings. The van der Waals surface area contributed by atoms with E-state index in [4.69, 9.17) is 38.0 Å². The number of hydrogen-bond donors (Lipinski definition) is 0. The van der Waals surface area contributed by atoms with Crippen molar-refractivity contribution in [3.8, 4) is 28.3 Å². The maximum absolute atomic E-state index is 14.0. The number of piperazine rings is 1. The zero-order valence-electron chi connectivity index (χ0n) is 21.2. The van der Waals surface area contributed by atoms with Crippen LogP contribution in [0.3, 0.4) is 0 Å². The first-order valence-electron chi connectivity index (χ1n) is 12.6. The topological polar surface area (TPSA) is 63.0 Å². The van der Waals surface area contributed by atoms with E-state index in [9.17, 15) is 4.79 Å². The lowest BCUT2D eigenvalue weighted by molar-refractivity contribution is 0.0738. The van der Waals surface area contributed by atoms with E-state index < -0.39 is 0 Å². The van der Waals surface area contributed by atoms with Gasteiger partial charge in [0.05, 0.1) is 18.5 Å². The number of ether oxygens (including phenoxy) is 1. The highest BCUT2D eigenvalue weighted by molar-refractivity contribution is 6.31. The second-order valence-corrected chi connectivity index (χ2v) is 10.2. The molecular formula is C30H25Cl2N5O2. The molecule has 0 atom stereocenters. The van der Waals surface area contributed by atoms with Crippen LogP contribution in [0, 0.1) is 0 Å². The van der Waals surface area contributed by atoms with Gasteiger partial charge in [0.1, 0.15) is 11.4 Å². The van der Waals surface area contributed by atoms with E-state index in [0.29, 0.717) is 64.7 Å². The Morgan fingerprint density at radius 3 is 2.33 bits per heavy atom. The van der Waals surface area contributed by atoms with E-state index in [-0.39, 0.29) is 5.91 Å². The van der Waals surface area contributed by atoms with Crippen LogP contribution in [0.1, 0.15) is 10.5 Å². The highest BCUT2D eigenvalue weighted by atomic mass is 35.5. The molecule has 196 valence electrons. The van der Waals surface area contributed by atoms with E-state index in [0.717, 1.165) is 16.8 Å². The van der Waals surface area contributed by atoms with E-state index in [2.05, 4.69) is 4.90 Å². The van der Waals surface area contributed by atoms with Gasteiger partial charge in [-0.2, -0.15) is 5.10 Å². The second-order valence-electron chi connectivity index (χ2n) is 9.29. The van der Waals surface area contributed by atoms with E-state index in [1.54, 1.807) is 17.7 Å². The van der Waals surface area contributed by atoms with Gasteiger partial charge in [-0.1, -0.05) is 53.5 Å². The monoisotopic (exact) mass is 557 g/mol. The zero-order chi connectivity index (χ0) is 26.9. The van der Waals surface area contributed by atoms with Crippen molar-refractivity contribution in [1.82, 2.24) is 19.5 Å². The van der Waals surface area contributed by atoms with Crippen molar-refractivity contribution in [3.05, 3.63) is 101 Å². The lowest BCUT2D eigenvalue weighted by atomic mass is 10.1. The number of aromatic nitrogens is 3. The van der Waals surface area contributed by atoms with Crippen LogP contribution in [0.15, 0.2) is 84.9 Å². The normalized spacial score (nSPS) is 13.6. The Bertz CT molecular complexity index is 1660. The molecule has 9 heteroatoms. The van der Waals surface area contributed by atoms with Crippen LogP contribution in [0.2, 0.25) is 10.0 Å². The highest BCUT2D eigenvalue weighted by Gasteiger charge is 2.26. The van der Waals surface area contributed by atoms with Crippen LogP contribution in [0.5, 0.6) is 5.75 Å². The number of amides is 1. The third-order valence-corrected chi connectivity index (χ3v) is 7.40. The van der Waals surface area contributed by atoms with Crippen LogP contribution in [0.25, 0.3) is 28.2 Å². The summed E-state index contributed by atoms with van der Waals surface area (Å²) in [6, 6.07) is 26.6. The predicted octanol–water partition coefficient (Wildman–Crippen LogP) is 6.34. The fourth-order valence-electron chi connectivity index (χ4n) is 4.89. The van der Waals surface area contributed by atoms with E-state index in [1.165, 1.54) is 0 Å². The number of rotatable bonds is 5. The molecule has 1 aliphatic heterocycles. The molecule has 0 N–H and O–H groups in total. The Labute approximate surface area is 236 Å². The summed E-state index contributed by atoms with van der Waals surface area (Å²) in [5, 5.41) is 6.13. The van der Waals surface area contributed by atoms with Gasteiger partial charge in [-0.05, 0) is 48.5 Å². The summed E-state index contributed by atoms with van der Waals surface area (Å²) in [7, 11) is 1.63. The molecule has 1 saturated heterocycles. The molecule has 0 unspecified atom stereocenters. The first-order valence-corrected chi connectivity index (χ1v) is 13.4. The number of carbonyl (C=O) groups excluding carboxylic acids is 1. The molecule has 0 radical (unpaired) electrons. The molecule has 6 rings (SSSR count). The summed E-state index contributed by atoms with van der Waals surface area (Å²) in [6.45, 7) is 2.55. The van der Waals surface area contributed by atoms with Crippen LogP contribution in [-0.2, 0) is 0 Å². The van der Waals surface area contributed by atoms with Gasteiger partial charge in [0, 0.05) is 59.1 Å². The number of para-hydroxylation sites is 1. The minimum absolute atomic E-state index is 0.102. The number of carbonyl (C=O) groups is 1. The fourth-order valence-corrected chi connectivity index (χ4v) is 5.20. The third-order valence-electron chi connectivity index (χ3n) is 6.91. The van der Waals surface area contributed by atoms with Gasteiger partial charge >= 0.3 is 0 Å². The van der Waals surface area contributed by atoms with Gasteiger partial charge in [-0.25, -0.2) is 9.50 Å². The maximum atomic E-state index is 14.0. The largest absolute Gasteiger partial charge is 0.496 e. The molecular weight excluding hydrogens is 533 g/mol. The first-order chi connectivity index (χ1) is 19.0. The molecule has 7 nitrogen and oxygen atoms in total. The zero-order valence-corrected chi connectivity index (χ0v) is 22.7. The van der Waals surface area contributed by atoms with Gasteiger partial charge < -0.3 is 14.5 Å². The van der Waals surface area contributed by atoms with Crippen molar-refractivity contribution in [2.75, 3.05) is 38.2 Å². The van der Waals surface area contributed by atoms with Gasteiger partial charge in [0.2, 0.25) is 0 Å². The molecule has 0 saturated carbocycles. The number of halogens is 2. The minimum Gasteiger partial charge on any atom is -0.496 e. The molecule has 0 spiro atoms. The standard InChI is InChI=1S/C30H25Cl2N5O2/c1-39-28-8-3-2-7-24(28)26-18-27(37-29(33-26)19-25(34-37)20-9-11-21(31)12-10-20)30(38)36-15-13-35(14-16-36)23-6-4-5-22(32)17-23/h2-12,17-19H,13-16H2,1H3. The van der Waals surface area contributed by atoms with Crippen molar-refractivity contribution in [2.45, 2.75) is 0 Å². The molecule has 1 amide bonds. The van der Waals surface area contributed by atoms with Gasteiger partial charge in [-0.3, -0.25) is 4.79 Å². The van der Waals surface area contributed by atoms with Crippen LogP contribution in [-0.4, -0.2) is 58.7 Å². The summed E-state index contributed by atoms with van der Waals surface area (Å²) in [6.07, 6.45) is 0. The molecule has 5 aromatic rings. The SMILES string of the molecule is COc1ccccc1-c1cc(C(=O)N2CCN(c3cccc(Cl)c3)CC2)n2nc(-c3ccc(Cl)cc3)cc2n1. The fraction of sp³-hybridized carbons (Fsp3) is 0.167. The third kappa shape index (κ3) is 5.03. The van der Waals surface area contributed by atoms with Crippen molar-refractivity contribution in [1.29, 1.82) is 0 Å². The lowest BCUT2D eigenvalue weighted by Gasteiger charge is -2.36. The van der Waals surface area contributed by atoms with Crippen molar-refractivity contribution < 1.29 is 9.53 Å². The first kappa shape index (κ1) is 25.2. The number of fused-ring (bicyclic) bond motifs is 1. The maximum Gasteiger partial charge on any atom is 0.272 e. The Hall–Kier alpha value is -4.07. The van der Waals surface area contributed by atoms with Crippen LogP contribution in [0.4, 0.5) is 5.69 Å². The van der Waals surface area contributed by atoms with Gasteiger partial charge in [-0.15, -0.1) is 0 Å². The van der Waals surface area contributed by atoms with Crippen molar-refractivity contribution in [2.24, 2.45) is 0 Å². The van der Waals surface area contributed by atoms with Gasteiger partial charge in [0.15, 0.2) is 5.65 Å². The number of benzene rings is 3. The smallest absolute Gasteiger partial charge is 0.272 e. The lowest BCUT2D eigenvalue weighted by Crippen LogP contribution is -2.49. The van der Waals surface area contributed by atoms with Crippen LogP contribution < -0.4 is 9.64 Å². The average Bonchev–Trinajstić information content (AvgIpc) is 3.41. The van der Waals surface area contributed by atoms with Crippen LogP contribution >= 0.6 is 23.2 Å².